The Bertz CT molecular complexity index is 346. The van der Waals surface area contributed by atoms with Gasteiger partial charge in [0.15, 0.2) is 0 Å². The van der Waals surface area contributed by atoms with Crippen molar-refractivity contribution in [1.29, 1.82) is 0 Å². The normalized spacial score (nSPS) is 16.6. The summed E-state index contributed by atoms with van der Waals surface area (Å²) in [5, 5.41) is 0. The summed E-state index contributed by atoms with van der Waals surface area (Å²) < 4.78 is 10.4. The molecule has 0 heterocycles. The molecule has 0 N–H and O–H groups in total. The first-order chi connectivity index (χ1) is 10.5. The van der Waals surface area contributed by atoms with Gasteiger partial charge in [-0.25, -0.2) is 0 Å². The molecule has 0 saturated heterocycles. The molecule has 0 aromatic carbocycles. The predicted octanol–water partition coefficient (Wildman–Crippen LogP) is 7.70. The van der Waals surface area contributed by atoms with Gasteiger partial charge in [-0.3, -0.25) is 0 Å². The van der Waals surface area contributed by atoms with Crippen LogP contribution in [0.4, 0.5) is 0 Å². The summed E-state index contributed by atoms with van der Waals surface area (Å²) in [4.78, 5) is 0. The summed E-state index contributed by atoms with van der Waals surface area (Å²) in [5.41, 5.74) is 2.89. The monoisotopic (exact) mass is 326 g/mol. The van der Waals surface area contributed by atoms with Crippen LogP contribution in [0.15, 0.2) is 0 Å². The Labute approximate surface area is 141 Å². The van der Waals surface area contributed by atoms with Crippen molar-refractivity contribution in [3.05, 3.63) is 0 Å². The van der Waals surface area contributed by atoms with Crippen LogP contribution in [-0.2, 0) is 4.57 Å². The van der Waals surface area contributed by atoms with Crippen molar-refractivity contribution in [3.8, 4) is 5.63 Å². The number of hydrogen-bond acceptors (Lipinski definition) is 1. The van der Waals surface area contributed by atoms with Crippen LogP contribution < -0.4 is 0 Å². The van der Waals surface area contributed by atoms with Gasteiger partial charge in [-0.05, 0) is 0 Å². The molecule has 0 aliphatic carbocycles. The van der Waals surface area contributed by atoms with Crippen molar-refractivity contribution in [2.24, 2.45) is 23.7 Å². The third kappa shape index (κ3) is 13.7. The van der Waals surface area contributed by atoms with Gasteiger partial charge < -0.3 is 0 Å². The van der Waals surface area contributed by atoms with Crippen LogP contribution in [-0.4, -0.2) is 0 Å². The molecule has 0 aromatic heterocycles. The van der Waals surface area contributed by atoms with Gasteiger partial charge in [0.25, 0.3) is 0 Å². The van der Waals surface area contributed by atoms with E-state index in [0.29, 0.717) is 5.92 Å². The van der Waals surface area contributed by atoms with Crippen molar-refractivity contribution in [1.82, 2.24) is 0 Å². The van der Waals surface area contributed by atoms with E-state index in [0.717, 1.165) is 24.2 Å². The minimum absolute atomic E-state index is 0.0657. The van der Waals surface area contributed by atoms with Crippen molar-refractivity contribution in [3.63, 3.8) is 0 Å². The first kappa shape index (κ1) is 22.0. The Balaban J connectivity index is 3.72. The van der Waals surface area contributed by atoms with Crippen molar-refractivity contribution in [2.75, 3.05) is 0 Å². The fraction of sp³-hybridized carbons (Fsp3) is 0.950. The van der Waals surface area contributed by atoms with E-state index in [1.165, 1.54) is 57.8 Å². The fourth-order valence-electron chi connectivity index (χ4n) is 3.57. The molecule has 0 bridgehead atoms. The average molecular weight is 327 g/mol. The van der Waals surface area contributed by atoms with Gasteiger partial charge in [-0.1, -0.05) is 26.2 Å². The van der Waals surface area contributed by atoms with Gasteiger partial charge in [0.2, 0.25) is 0 Å². The van der Waals surface area contributed by atoms with Crippen LogP contribution >= 0.6 is 7.92 Å². The van der Waals surface area contributed by atoms with E-state index in [2.05, 4.69) is 40.2 Å². The van der Waals surface area contributed by atoms with Gasteiger partial charge in [-0.2, -0.15) is 0 Å². The Morgan fingerprint density at radius 3 is 2.00 bits per heavy atom. The van der Waals surface area contributed by atoms with Crippen LogP contribution in [0.1, 0.15) is 98.8 Å². The van der Waals surface area contributed by atoms with E-state index in [4.69, 9.17) is 0 Å². The van der Waals surface area contributed by atoms with Gasteiger partial charge in [0, 0.05) is 0 Å². The van der Waals surface area contributed by atoms with Gasteiger partial charge in [-0.15, -0.1) is 0 Å². The molecule has 130 valence electrons. The maximum atomic E-state index is 10.4. The summed E-state index contributed by atoms with van der Waals surface area (Å²) in [5.74, 6) is 3.14. The van der Waals surface area contributed by atoms with E-state index in [-0.39, 0.29) is 7.92 Å². The molecular formula is C20H39OP. The van der Waals surface area contributed by atoms with Crippen LogP contribution in [0, 0.1) is 29.3 Å². The fourth-order valence-corrected chi connectivity index (χ4v) is 3.95. The zero-order chi connectivity index (χ0) is 16.8. The second kappa shape index (κ2) is 14.6. The van der Waals surface area contributed by atoms with E-state index in [1.54, 1.807) is 0 Å². The topological polar surface area (TPSA) is 17.1 Å². The molecule has 0 fully saturated rings. The molecule has 2 heteroatoms. The zero-order valence-electron chi connectivity index (χ0n) is 15.7. The Morgan fingerprint density at radius 1 is 0.773 bits per heavy atom. The molecule has 1 nitrogen and oxygen atoms in total. The van der Waals surface area contributed by atoms with Gasteiger partial charge in [0.1, 0.15) is 0 Å². The summed E-state index contributed by atoms with van der Waals surface area (Å²) in [6.45, 7) is 11.7. The van der Waals surface area contributed by atoms with Crippen LogP contribution in [0.3, 0.4) is 0 Å². The molecular weight excluding hydrogens is 287 g/mol. The molecule has 0 aliphatic rings. The average Bonchev–Trinajstić information content (AvgIpc) is 2.45. The quantitative estimate of drug-likeness (QED) is 0.250. The van der Waals surface area contributed by atoms with E-state index >= 15 is 0 Å². The Kier molecular flexibility index (Phi) is 14.6. The summed E-state index contributed by atoms with van der Waals surface area (Å²) in [6, 6.07) is 0. The van der Waals surface area contributed by atoms with E-state index in [1.807, 2.05) is 0 Å². The van der Waals surface area contributed by atoms with Crippen molar-refractivity contribution >= 4 is 7.92 Å². The number of hydrogen-bond donors (Lipinski definition) is 0. The standard InChI is InChI=1S/C20H39OP/c1-6-7-8-10-17(2)11-9-12-18(3)15-20(5)16-19(4)13-14-22-21/h17-20H,6-13,15-16H2,1-5H3. The molecule has 0 aliphatic heterocycles. The molecule has 0 radical (unpaired) electrons. The third-order valence-corrected chi connectivity index (χ3v) is 5.12. The van der Waals surface area contributed by atoms with Gasteiger partial charge in [0.05, 0.1) is 0 Å². The summed E-state index contributed by atoms with van der Waals surface area (Å²) >= 11 is 0. The number of rotatable bonds is 13. The van der Waals surface area contributed by atoms with Crippen molar-refractivity contribution in [2.45, 2.75) is 98.8 Å². The minimum atomic E-state index is 0.0657. The molecule has 0 amide bonds. The predicted molar refractivity (Wildman–Crippen MR) is 100.0 cm³/mol. The molecule has 4 atom stereocenters. The molecule has 4 unspecified atom stereocenters. The zero-order valence-corrected chi connectivity index (χ0v) is 16.6. The first-order valence-corrected chi connectivity index (χ1v) is 10.4. The van der Waals surface area contributed by atoms with E-state index in [9.17, 15) is 4.57 Å². The molecule has 0 rings (SSSR count). The van der Waals surface area contributed by atoms with Crippen LogP contribution in [0.5, 0.6) is 0 Å². The van der Waals surface area contributed by atoms with Crippen LogP contribution in [0.25, 0.3) is 0 Å². The number of unbranched alkanes of at least 4 members (excludes halogenated alkanes) is 2. The Morgan fingerprint density at radius 2 is 1.36 bits per heavy atom. The first-order valence-electron chi connectivity index (χ1n) is 9.54. The van der Waals surface area contributed by atoms with Gasteiger partial charge >= 0.3 is 114 Å². The molecule has 0 aromatic rings. The molecule has 0 spiro atoms. The second-order valence-electron chi connectivity index (χ2n) is 7.77. The third-order valence-electron chi connectivity index (χ3n) is 4.81. The van der Waals surface area contributed by atoms with E-state index < -0.39 is 0 Å². The van der Waals surface area contributed by atoms with Crippen molar-refractivity contribution < 1.29 is 4.57 Å². The Hall–Kier alpha value is 0.01000. The molecule has 0 saturated carbocycles. The molecule has 22 heavy (non-hydrogen) atoms. The summed E-state index contributed by atoms with van der Waals surface area (Å²) in [7, 11) is 0.0657. The SMILES string of the molecule is CCCCCC(C)CCCC(C)CC(C)CC(C)CC#P=O. The summed E-state index contributed by atoms with van der Waals surface area (Å²) in [6.07, 6.45) is 13.2. The van der Waals surface area contributed by atoms with Crippen LogP contribution in [0.2, 0.25) is 0 Å². The second-order valence-corrected chi connectivity index (χ2v) is 8.27. The maximum absolute atomic E-state index is 10.4.